The first-order valence-corrected chi connectivity index (χ1v) is 7.21. The van der Waals surface area contributed by atoms with Gasteiger partial charge in [-0.2, -0.15) is 5.26 Å². The molecule has 0 saturated heterocycles. The minimum absolute atomic E-state index is 0.0251. The van der Waals surface area contributed by atoms with Crippen molar-refractivity contribution in [3.63, 3.8) is 0 Å². The van der Waals surface area contributed by atoms with E-state index in [4.69, 9.17) is 14.7 Å². The molecule has 1 rings (SSSR count). The van der Waals surface area contributed by atoms with Crippen LogP contribution < -0.4 is 10.1 Å². The Morgan fingerprint density at radius 1 is 1.43 bits per heavy atom. The number of nitriles is 1. The lowest BCUT2D eigenvalue weighted by molar-refractivity contribution is 0.0529. The van der Waals surface area contributed by atoms with Crippen molar-refractivity contribution in [2.45, 2.75) is 32.8 Å². The van der Waals surface area contributed by atoms with E-state index in [0.29, 0.717) is 24.1 Å². The van der Waals surface area contributed by atoms with Gasteiger partial charge in [0, 0.05) is 18.2 Å². The highest BCUT2D eigenvalue weighted by Gasteiger charge is 2.15. The molecule has 6 nitrogen and oxygen atoms in total. The minimum atomic E-state index is -0.528. The third-order valence-corrected chi connectivity index (χ3v) is 2.73. The Hall–Kier alpha value is -2.68. The number of hydrogen-bond donors (Lipinski definition) is 2. The van der Waals surface area contributed by atoms with E-state index in [1.54, 1.807) is 39.0 Å². The molecule has 124 valence electrons. The zero-order valence-corrected chi connectivity index (χ0v) is 13.8. The van der Waals surface area contributed by atoms with Crippen LogP contribution in [0.3, 0.4) is 0 Å². The van der Waals surface area contributed by atoms with Crippen molar-refractivity contribution >= 4 is 12.2 Å². The maximum absolute atomic E-state index is 11.5. The SMILES string of the molecule is COc1cc(C#N)cc(C=CCCNC(=O)OC(C)(C)C)c1O. The topological polar surface area (TPSA) is 91.6 Å². The molecule has 0 unspecified atom stereocenters. The molecule has 1 amide bonds. The van der Waals surface area contributed by atoms with Gasteiger partial charge in [0.15, 0.2) is 11.5 Å². The number of benzene rings is 1. The number of amides is 1. The molecule has 2 N–H and O–H groups in total. The highest BCUT2D eigenvalue weighted by molar-refractivity contribution is 5.67. The molecule has 0 spiro atoms. The van der Waals surface area contributed by atoms with Gasteiger partial charge in [-0.25, -0.2) is 4.79 Å². The van der Waals surface area contributed by atoms with Gasteiger partial charge in [0.25, 0.3) is 0 Å². The molecule has 0 atom stereocenters. The first kappa shape index (κ1) is 18.4. The molecule has 0 aliphatic rings. The number of alkyl carbamates (subject to hydrolysis) is 1. The third-order valence-electron chi connectivity index (χ3n) is 2.73. The molecule has 0 saturated carbocycles. The van der Waals surface area contributed by atoms with Crippen LogP contribution in [0, 0.1) is 11.3 Å². The number of phenolic OH excluding ortho intramolecular Hbond substituents is 1. The molecule has 6 heteroatoms. The predicted molar refractivity (Wildman–Crippen MR) is 87.3 cm³/mol. The van der Waals surface area contributed by atoms with Crippen LogP contribution in [0.2, 0.25) is 0 Å². The Balaban J connectivity index is 2.59. The molecule has 0 heterocycles. The van der Waals surface area contributed by atoms with Gasteiger partial charge in [-0.05, 0) is 33.3 Å². The van der Waals surface area contributed by atoms with E-state index >= 15 is 0 Å². The Morgan fingerprint density at radius 2 is 2.13 bits per heavy atom. The number of methoxy groups -OCH3 is 1. The third kappa shape index (κ3) is 6.30. The molecule has 0 aliphatic heterocycles. The second kappa shape index (κ2) is 8.08. The van der Waals surface area contributed by atoms with Crippen molar-refractivity contribution in [3.8, 4) is 17.6 Å². The van der Waals surface area contributed by atoms with Crippen LogP contribution in [0.15, 0.2) is 18.2 Å². The maximum atomic E-state index is 11.5. The monoisotopic (exact) mass is 318 g/mol. The van der Waals surface area contributed by atoms with Crippen LogP contribution >= 0.6 is 0 Å². The number of nitrogens with one attached hydrogen (secondary N) is 1. The number of carbonyl (C=O) groups excluding carboxylic acids is 1. The first-order valence-electron chi connectivity index (χ1n) is 7.21. The Bertz CT molecular complexity index is 625. The second-order valence-electron chi connectivity index (χ2n) is 5.85. The van der Waals surface area contributed by atoms with Gasteiger partial charge in [0.05, 0.1) is 18.7 Å². The highest BCUT2D eigenvalue weighted by Crippen LogP contribution is 2.32. The van der Waals surface area contributed by atoms with Crippen LogP contribution in [-0.4, -0.2) is 30.5 Å². The normalized spacial score (nSPS) is 11.1. The molecule has 0 bridgehead atoms. The number of hydrogen-bond acceptors (Lipinski definition) is 5. The lowest BCUT2D eigenvalue weighted by Gasteiger charge is -2.19. The molecule has 0 fully saturated rings. The summed E-state index contributed by atoms with van der Waals surface area (Å²) in [5.74, 6) is 0.221. The van der Waals surface area contributed by atoms with Crippen LogP contribution in [0.1, 0.15) is 38.3 Å². The lowest BCUT2D eigenvalue weighted by Crippen LogP contribution is -2.32. The van der Waals surface area contributed by atoms with Gasteiger partial charge in [0.2, 0.25) is 0 Å². The maximum Gasteiger partial charge on any atom is 0.407 e. The number of nitrogens with zero attached hydrogens (tertiary/aromatic N) is 1. The molecular weight excluding hydrogens is 296 g/mol. The summed E-state index contributed by atoms with van der Waals surface area (Å²) in [5, 5.41) is 21.6. The molecule has 1 aromatic rings. The van der Waals surface area contributed by atoms with E-state index in [9.17, 15) is 9.90 Å². The number of aromatic hydroxyl groups is 1. The van der Waals surface area contributed by atoms with Gasteiger partial charge < -0.3 is 19.9 Å². The van der Waals surface area contributed by atoms with Gasteiger partial charge in [-0.3, -0.25) is 0 Å². The molecule has 0 aliphatic carbocycles. The molecule has 23 heavy (non-hydrogen) atoms. The Morgan fingerprint density at radius 3 is 2.70 bits per heavy atom. The summed E-state index contributed by atoms with van der Waals surface area (Å²) in [6.45, 7) is 5.79. The van der Waals surface area contributed by atoms with Gasteiger partial charge >= 0.3 is 6.09 Å². The summed E-state index contributed by atoms with van der Waals surface area (Å²) in [4.78, 5) is 11.5. The van der Waals surface area contributed by atoms with Crippen molar-refractivity contribution in [1.29, 1.82) is 5.26 Å². The van der Waals surface area contributed by atoms with Crippen LogP contribution in [-0.2, 0) is 4.74 Å². The first-order chi connectivity index (χ1) is 10.8. The van der Waals surface area contributed by atoms with Gasteiger partial charge in [-0.1, -0.05) is 12.2 Å². The number of ether oxygens (including phenoxy) is 2. The standard InChI is InChI=1S/C17H22N2O4/c1-17(2,3)23-16(21)19-8-6-5-7-13-9-12(11-18)10-14(22-4)15(13)20/h5,7,9-10,20H,6,8H2,1-4H3,(H,19,21). The number of carbonyl (C=O) groups is 1. The summed E-state index contributed by atoms with van der Waals surface area (Å²) < 4.78 is 10.1. The Labute approximate surface area is 136 Å². The fourth-order valence-electron chi connectivity index (χ4n) is 1.76. The van der Waals surface area contributed by atoms with E-state index in [2.05, 4.69) is 5.32 Å². The summed E-state index contributed by atoms with van der Waals surface area (Å²) in [7, 11) is 1.43. The minimum Gasteiger partial charge on any atom is -0.504 e. The van der Waals surface area contributed by atoms with E-state index in [1.165, 1.54) is 13.2 Å². The predicted octanol–water partition coefficient (Wildman–Crippen LogP) is 3.20. The van der Waals surface area contributed by atoms with Gasteiger partial charge in [-0.15, -0.1) is 0 Å². The van der Waals surface area contributed by atoms with E-state index in [0.717, 1.165) is 0 Å². The Kier molecular flexibility index (Phi) is 6.46. The van der Waals surface area contributed by atoms with Crippen LogP contribution in [0.5, 0.6) is 11.5 Å². The highest BCUT2D eigenvalue weighted by atomic mass is 16.6. The fourth-order valence-corrected chi connectivity index (χ4v) is 1.76. The van der Waals surface area contributed by atoms with Crippen LogP contribution in [0.4, 0.5) is 4.79 Å². The second-order valence-corrected chi connectivity index (χ2v) is 5.85. The fraction of sp³-hybridized carbons (Fsp3) is 0.412. The lowest BCUT2D eigenvalue weighted by atomic mass is 10.1. The molecule has 1 aromatic carbocycles. The van der Waals surface area contributed by atoms with E-state index < -0.39 is 11.7 Å². The molecular formula is C17H22N2O4. The number of rotatable bonds is 5. The molecule has 0 aromatic heterocycles. The van der Waals surface area contributed by atoms with E-state index in [-0.39, 0.29) is 11.5 Å². The summed E-state index contributed by atoms with van der Waals surface area (Å²) in [6, 6.07) is 5.04. The average Bonchev–Trinajstić information content (AvgIpc) is 2.46. The van der Waals surface area contributed by atoms with Crippen molar-refractivity contribution < 1.29 is 19.4 Å². The zero-order valence-electron chi connectivity index (χ0n) is 13.8. The van der Waals surface area contributed by atoms with Crippen LogP contribution in [0.25, 0.3) is 6.08 Å². The smallest absolute Gasteiger partial charge is 0.407 e. The van der Waals surface area contributed by atoms with Crippen molar-refractivity contribution in [2.24, 2.45) is 0 Å². The summed E-state index contributed by atoms with van der Waals surface area (Å²) in [6.07, 6.45) is 3.54. The number of phenols is 1. The van der Waals surface area contributed by atoms with Crippen molar-refractivity contribution in [3.05, 3.63) is 29.3 Å². The summed E-state index contributed by atoms with van der Waals surface area (Å²) in [5.41, 5.74) is 0.351. The average molecular weight is 318 g/mol. The summed E-state index contributed by atoms with van der Waals surface area (Å²) >= 11 is 0. The quantitative estimate of drug-likeness (QED) is 0.813. The van der Waals surface area contributed by atoms with E-state index in [1.807, 2.05) is 6.07 Å². The molecule has 0 radical (unpaired) electrons. The zero-order chi connectivity index (χ0) is 17.5. The largest absolute Gasteiger partial charge is 0.504 e. The van der Waals surface area contributed by atoms with Crippen molar-refractivity contribution in [2.75, 3.05) is 13.7 Å². The van der Waals surface area contributed by atoms with Crippen molar-refractivity contribution in [1.82, 2.24) is 5.32 Å². The van der Waals surface area contributed by atoms with Gasteiger partial charge in [0.1, 0.15) is 5.60 Å².